The van der Waals surface area contributed by atoms with Gasteiger partial charge in [0.05, 0.1) is 39.9 Å². The van der Waals surface area contributed by atoms with Gasteiger partial charge in [0.1, 0.15) is 0 Å². The third kappa shape index (κ3) is 5.12. The Hall–Kier alpha value is -1.61. The van der Waals surface area contributed by atoms with Crippen LogP contribution in [0.4, 0.5) is 5.69 Å². The molecule has 2 aromatic rings. The number of aryl methyl sites for hydroxylation is 1. The molecule has 1 N–H and O–H groups in total. The monoisotopic (exact) mass is 458 g/mol. The molecule has 2 heterocycles. The lowest BCUT2D eigenvalue weighted by Crippen LogP contribution is -2.41. The summed E-state index contributed by atoms with van der Waals surface area (Å²) in [7, 11) is -3.21. The first kappa shape index (κ1) is 22.1. The van der Waals surface area contributed by atoms with E-state index in [0.717, 1.165) is 17.0 Å². The van der Waals surface area contributed by atoms with Crippen LogP contribution in [0.1, 0.15) is 29.8 Å². The van der Waals surface area contributed by atoms with Crippen molar-refractivity contribution in [2.45, 2.75) is 33.2 Å². The fourth-order valence-corrected chi connectivity index (χ4v) is 4.71. The lowest BCUT2D eigenvalue weighted by molar-refractivity contribution is -0.120. The highest BCUT2D eigenvalue weighted by Crippen LogP contribution is 2.26. The number of aromatic nitrogens is 2. The Morgan fingerprint density at radius 1 is 1.21 bits per heavy atom. The predicted molar refractivity (Wildman–Crippen MR) is 115 cm³/mol. The number of rotatable bonds is 5. The Labute approximate surface area is 181 Å². The van der Waals surface area contributed by atoms with Gasteiger partial charge in [-0.05, 0) is 44.4 Å². The number of carbonyl (C=O) groups is 1. The highest BCUT2D eigenvalue weighted by Gasteiger charge is 2.29. The van der Waals surface area contributed by atoms with Gasteiger partial charge in [-0.15, -0.1) is 0 Å². The van der Waals surface area contributed by atoms with E-state index in [9.17, 15) is 13.2 Å². The van der Waals surface area contributed by atoms with E-state index in [1.807, 2.05) is 24.6 Å². The van der Waals surface area contributed by atoms with Gasteiger partial charge >= 0.3 is 0 Å². The molecule has 0 spiro atoms. The summed E-state index contributed by atoms with van der Waals surface area (Å²) in [5, 5.41) is 8.51. The zero-order valence-corrected chi connectivity index (χ0v) is 18.9. The molecule has 10 heteroatoms. The summed E-state index contributed by atoms with van der Waals surface area (Å²) in [6.07, 6.45) is 2.21. The van der Waals surface area contributed by atoms with Crippen molar-refractivity contribution in [2.75, 3.05) is 24.7 Å². The maximum Gasteiger partial charge on any atom is 0.227 e. The first-order valence-corrected chi connectivity index (χ1v) is 11.9. The Balaban J connectivity index is 1.69. The molecule has 158 valence electrons. The van der Waals surface area contributed by atoms with E-state index in [4.69, 9.17) is 23.2 Å². The highest BCUT2D eigenvalue weighted by molar-refractivity contribution is 7.88. The van der Waals surface area contributed by atoms with Crippen LogP contribution in [0.25, 0.3) is 0 Å². The predicted octanol–water partition coefficient (Wildman–Crippen LogP) is 3.47. The number of sulfonamides is 1. The van der Waals surface area contributed by atoms with Gasteiger partial charge < -0.3 is 5.32 Å². The lowest BCUT2D eigenvalue weighted by atomic mass is 9.97. The molecule has 0 unspecified atom stereocenters. The molecule has 1 aliphatic rings. The molecule has 1 saturated heterocycles. The second kappa shape index (κ2) is 8.63. The summed E-state index contributed by atoms with van der Waals surface area (Å²) in [6.45, 7) is 4.99. The first-order chi connectivity index (χ1) is 13.6. The molecule has 1 amide bonds. The maximum atomic E-state index is 12.7. The first-order valence-electron chi connectivity index (χ1n) is 9.30. The third-order valence-electron chi connectivity index (χ3n) is 5.24. The van der Waals surface area contributed by atoms with Crippen LogP contribution in [0.2, 0.25) is 10.0 Å². The number of nitrogens with zero attached hydrogens (tertiary/aromatic N) is 3. The Morgan fingerprint density at radius 3 is 2.45 bits per heavy atom. The molecule has 1 aliphatic heterocycles. The van der Waals surface area contributed by atoms with Crippen molar-refractivity contribution >= 4 is 44.8 Å². The minimum absolute atomic E-state index is 0.0987. The van der Waals surface area contributed by atoms with Gasteiger partial charge in [-0.1, -0.05) is 29.3 Å². The van der Waals surface area contributed by atoms with Gasteiger partial charge in [0, 0.05) is 19.0 Å². The number of amides is 1. The summed E-state index contributed by atoms with van der Waals surface area (Å²) in [5.74, 6) is -0.316. The number of piperidine rings is 1. The fourth-order valence-electron chi connectivity index (χ4n) is 3.52. The van der Waals surface area contributed by atoms with Crippen molar-refractivity contribution < 1.29 is 13.2 Å². The van der Waals surface area contributed by atoms with Crippen molar-refractivity contribution in [2.24, 2.45) is 5.92 Å². The molecule has 0 aliphatic carbocycles. The number of hydrogen-bond acceptors (Lipinski definition) is 4. The molecule has 0 saturated carbocycles. The molecular weight excluding hydrogens is 435 g/mol. The SMILES string of the molecule is Cc1nn(Cc2ccc(Cl)c(Cl)c2)c(C)c1NC(=O)C1CCN(S(C)(=O)=O)CC1. The van der Waals surface area contributed by atoms with E-state index in [1.54, 1.807) is 12.1 Å². The summed E-state index contributed by atoms with van der Waals surface area (Å²) in [6, 6.07) is 5.43. The summed E-state index contributed by atoms with van der Waals surface area (Å²) >= 11 is 12.1. The van der Waals surface area contributed by atoms with E-state index in [1.165, 1.54) is 10.6 Å². The van der Waals surface area contributed by atoms with Crippen molar-refractivity contribution in [1.29, 1.82) is 0 Å². The largest absolute Gasteiger partial charge is 0.323 e. The van der Waals surface area contributed by atoms with E-state index in [-0.39, 0.29) is 11.8 Å². The Bertz CT molecular complexity index is 1030. The summed E-state index contributed by atoms with van der Waals surface area (Å²) in [5.41, 5.74) is 3.22. The van der Waals surface area contributed by atoms with Crippen molar-refractivity contribution in [3.63, 3.8) is 0 Å². The topological polar surface area (TPSA) is 84.3 Å². The van der Waals surface area contributed by atoms with Crippen LogP contribution in [0.15, 0.2) is 18.2 Å². The smallest absolute Gasteiger partial charge is 0.227 e. The second-order valence-electron chi connectivity index (χ2n) is 7.38. The highest BCUT2D eigenvalue weighted by atomic mass is 35.5. The molecule has 0 atom stereocenters. The normalized spacial score (nSPS) is 16.2. The van der Waals surface area contributed by atoms with Crippen LogP contribution >= 0.6 is 23.2 Å². The molecule has 1 aromatic heterocycles. The van der Waals surface area contributed by atoms with Crippen LogP contribution < -0.4 is 5.32 Å². The average Bonchev–Trinajstić information content (AvgIpc) is 2.91. The molecule has 1 fully saturated rings. The lowest BCUT2D eigenvalue weighted by Gasteiger charge is -2.29. The van der Waals surface area contributed by atoms with E-state index in [2.05, 4.69) is 10.4 Å². The zero-order valence-electron chi connectivity index (χ0n) is 16.6. The Kier molecular flexibility index (Phi) is 6.57. The Morgan fingerprint density at radius 2 is 1.86 bits per heavy atom. The number of benzene rings is 1. The molecule has 7 nitrogen and oxygen atoms in total. The van der Waals surface area contributed by atoms with Crippen LogP contribution in [0, 0.1) is 19.8 Å². The van der Waals surface area contributed by atoms with Gasteiger partial charge in [-0.2, -0.15) is 5.10 Å². The van der Waals surface area contributed by atoms with Crippen LogP contribution in [-0.4, -0.2) is 47.8 Å². The molecule has 0 radical (unpaired) electrons. The van der Waals surface area contributed by atoms with E-state index in [0.29, 0.717) is 48.2 Å². The third-order valence-corrected chi connectivity index (χ3v) is 7.28. The van der Waals surface area contributed by atoms with Gasteiger partial charge in [-0.3, -0.25) is 9.48 Å². The van der Waals surface area contributed by atoms with E-state index < -0.39 is 10.0 Å². The molecule has 0 bridgehead atoms. The fraction of sp³-hybridized carbons (Fsp3) is 0.474. The van der Waals surface area contributed by atoms with Crippen molar-refractivity contribution in [1.82, 2.24) is 14.1 Å². The van der Waals surface area contributed by atoms with Crippen LogP contribution in [0.3, 0.4) is 0 Å². The summed E-state index contributed by atoms with van der Waals surface area (Å²) in [4.78, 5) is 12.7. The van der Waals surface area contributed by atoms with Gasteiger partial charge in [0.2, 0.25) is 15.9 Å². The average molecular weight is 459 g/mol. The quantitative estimate of drug-likeness (QED) is 0.742. The maximum absolute atomic E-state index is 12.7. The number of carbonyl (C=O) groups excluding carboxylic acids is 1. The number of halogens is 2. The molecular formula is C19H24Cl2N4O3S. The van der Waals surface area contributed by atoms with Gasteiger partial charge in [0.25, 0.3) is 0 Å². The molecule has 3 rings (SSSR count). The van der Waals surface area contributed by atoms with E-state index >= 15 is 0 Å². The number of hydrogen-bond donors (Lipinski definition) is 1. The van der Waals surface area contributed by atoms with Crippen LogP contribution in [0.5, 0.6) is 0 Å². The minimum Gasteiger partial charge on any atom is -0.323 e. The van der Waals surface area contributed by atoms with Crippen LogP contribution in [-0.2, 0) is 21.4 Å². The second-order valence-corrected chi connectivity index (χ2v) is 10.2. The van der Waals surface area contributed by atoms with Gasteiger partial charge in [0.15, 0.2) is 0 Å². The molecule has 29 heavy (non-hydrogen) atoms. The number of anilines is 1. The zero-order chi connectivity index (χ0) is 21.3. The van der Waals surface area contributed by atoms with Gasteiger partial charge in [-0.25, -0.2) is 12.7 Å². The van der Waals surface area contributed by atoms with Crippen molar-refractivity contribution in [3.8, 4) is 0 Å². The standard InChI is InChI=1S/C19H24Cl2N4O3S/c1-12-18(22-19(26)15-6-8-24(9-7-15)29(3,27)28)13(2)25(23-12)11-14-4-5-16(20)17(21)10-14/h4-5,10,15H,6-9,11H2,1-3H3,(H,22,26). The molecule has 1 aromatic carbocycles. The van der Waals surface area contributed by atoms with Crippen molar-refractivity contribution in [3.05, 3.63) is 45.2 Å². The minimum atomic E-state index is -3.21. The summed E-state index contributed by atoms with van der Waals surface area (Å²) < 4.78 is 26.5. The number of nitrogens with one attached hydrogen (secondary N) is 1.